The number of pyridine rings is 1. The molecule has 37 heavy (non-hydrogen) atoms. The molecular weight excluding hydrogens is 511 g/mol. The molecule has 0 aliphatic carbocycles. The second kappa shape index (κ2) is 8.65. The Labute approximate surface area is 207 Å². The number of para-hydroxylation sites is 1. The molecule has 0 radical (unpaired) electrons. The largest absolute Gasteiger partial charge is 0.417 e. The molecule has 0 fully saturated rings. The number of aryl methyl sites for hydroxylation is 1. The molecule has 0 atom stereocenters. The third-order valence-corrected chi connectivity index (χ3v) is 7.32. The van der Waals surface area contributed by atoms with Gasteiger partial charge in [-0.25, -0.2) is 27.9 Å². The molecule has 0 aliphatic rings. The average Bonchev–Trinajstić information content (AvgIpc) is 3.42. The van der Waals surface area contributed by atoms with Crippen LogP contribution < -0.4 is 5.32 Å². The predicted molar refractivity (Wildman–Crippen MR) is 128 cm³/mol. The summed E-state index contributed by atoms with van der Waals surface area (Å²) in [6.45, 7) is 1.42. The van der Waals surface area contributed by atoms with Crippen molar-refractivity contribution in [3.05, 3.63) is 66.1 Å². The molecule has 4 aromatic heterocycles. The van der Waals surface area contributed by atoms with E-state index in [0.717, 1.165) is 10.6 Å². The summed E-state index contributed by atoms with van der Waals surface area (Å²) in [4.78, 5) is 25.5. The zero-order valence-corrected chi connectivity index (χ0v) is 20.2. The molecule has 0 saturated carbocycles. The number of aromatic nitrogens is 6. The summed E-state index contributed by atoms with van der Waals surface area (Å²) >= 11 is 0. The molecule has 14 heteroatoms. The summed E-state index contributed by atoms with van der Waals surface area (Å²) in [7, 11) is -2.49. The van der Waals surface area contributed by atoms with Crippen molar-refractivity contribution >= 4 is 38.2 Å². The fourth-order valence-electron chi connectivity index (χ4n) is 3.82. The van der Waals surface area contributed by atoms with Gasteiger partial charge in [0, 0.05) is 25.1 Å². The van der Waals surface area contributed by atoms with Crippen LogP contribution in [-0.4, -0.2) is 49.2 Å². The molecule has 10 nitrogen and oxygen atoms in total. The third-order valence-electron chi connectivity index (χ3n) is 5.69. The van der Waals surface area contributed by atoms with Crippen LogP contribution in [0.2, 0.25) is 0 Å². The van der Waals surface area contributed by atoms with E-state index in [1.165, 1.54) is 30.8 Å². The highest BCUT2D eigenvalue weighted by Gasteiger charge is 2.33. The summed E-state index contributed by atoms with van der Waals surface area (Å²) in [6.07, 6.45) is -2.65. The first kappa shape index (κ1) is 24.4. The van der Waals surface area contributed by atoms with Crippen molar-refractivity contribution in [2.24, 2.45) is 7.05 Å². The molecule has 1 N–H and O–H groups in total. The number of alkyl halides is 3. The Hall–Kier alpha value is -4.33. The lowest BCUT2D eigenvalue weighted by atomic mass is 10.2. The minimum absolute atomic E-state index is 0.0103. The van der Waals surface area contributed by atoms with E-state index < -0.39 is 32.5 Å². The van der Waals surface area contributed by atoms with Crippen LogP contribution in [0.1, 0.15) is 23.0 Å². The van der Waals surface area contributed by atoms with Crippen LogP contribution in [-0.2, 0) is 23.1 Å². The second-order valence-corrected chi connectivity index (χ2v) is 10.2. The summed E-state index contributed by atoms with van der Waals surface area (Å²) in [5, 5.41) is 6.52. The smallest absolute Gasteiger partial charge is 0.321 e. The summed E-state index contributed by atoms with van der Waals surface area (Å²) in [5.41, 5.74) is -0.557. The number of carbonyl (C=O) groups is 1. The maximum Gasteiger partial charge on any atom is 0.417 e. The van der Waals surface area contributed by atoms with Gasteiger partial charge in [0.2, 0.25) is 0 Å². The Morgan fingerprint density at radius 2 is 1.81 bits per heavy atom. The standard InChI is InChI=1S/C23H18F3N7O3S/c1-3-37(35,36)22-17(20-30-15-11-13(23(24,25)26)12-28-18(15)32(20)2)19-27-10-9-16(33(19)31-22)21(34)29-14-7-5-4-6-8-14/h4-12H,3H2,1-2H3,(H,29,34). The fraction of sp³-hybridized carbons (Fsp3) is 0.174. The van der Waals surface area contributed by atoms with E-state index >= 15 is 0 Å². The molecule has 0 saturated heterocycles. The summed E-state index contributed by atoms with van der Waals surface area (Å²) < 4.78 is 68.2. The first-order valence-electron chi connectivity index (χ1n) is 10.9. The number of anilines is 1. The summed E-state index contributed by atoms with van der Waals surface area (Å²) in [6, 6.07) is 10.8. The number of fused-ring (bicyclic) bond motifs is 2. The predicted octanol–water partition coefficient (Wildman–Crippen LogP) is 3.74. The van der Waals surface area contributed by atoms with Gasteiger partial charge in [-0.05, 0) is 24.3 Å². The lowest BCUT2D eigenvalue weighted by molar-refractivity contribution is -0.137. The molecule has 1 amide bonds. The zero-order valence-electron chi connectivity index (χ0n) is 19.4. The van der Waals surface area contributed by atoms with Crippen LogP contribution in [0, 0.1) is 0 Å². The van der Waals surface area contributed by atoms with Crippen LogP contribution in [0.5, 0.6) is 0 Å². The quantitative estimate of drug-likeness (QED) is 0.368. The van der Waals surface area contributed by atoms with Crippen LogP contribution in [0.25, 0.3) is 28.2 Å². The Balaban J connectivity index is 1.75. The number of hydrogen-bond donors (Lipinski definition) is 1. The van der Waals surface area contributed by atoms with Gasteiger partial charge in [0.15, 0.2) is 26.2 Å². The van der Waals surface area contributed by atoms with Crippen molar-refractivity contribution in [3.63, 3.8) is 0 Å². The van der Waals surface area contributed by atoms with E-state index in [2.05, 4.69) is 25.4 Å². The highest BCUT2D eigenvalue weighted by atomic mass is 32.2. The van der Waals surface area contributed by atoms with Gasteiger partial charge in [0.05, 0.1) is 11.3 Å². The van der Waals surface area contributed by atoms with Crippen molar-refractivity contribution in [1.82, 2.24) is 29.1 Å². The maximum absolute atomic E-state index is 13.2. The minimum atomic E-state index is -4.64. The van der Waals surface area contributed by atoms with Crippen LogP contribution >= 0.6 is 0 Å². The SMILES string of the molecule is CCS(=O)(=O)c1nn2c(C(=O)Nc3ccccc3)ccnc2c1-c1nc2cc(C(F)(F)F)cnc2n1C. The molecule has 0 bridgehead atoms. The van der Waals surface area contributed by atoms with Crippen molar-refractivity contribution in [2.45, 2.75) is 18.1 Å². The number of rotatable bonds is 5. The van der Waals surface area contributed by atoms with Crippen molar-refractivity contribution in [3.8, 4) is 11.4 Å². The summed E-state index contributed by atoms with van der Waals surface area (Å²) in [5.74, 6) is -0.915. The molecule has 5 aromatic rings. The maximum atomic E-state index is 13.2. The number of nitrogens with one attached hydrogen (secondary N) is 1. The highest BCUT2D eigenvalue weighted by Crippen LogP contribution is 2.35. The molecule has 1 aromatic carbocycles. The van der Waals surface area contributed by atoms with E-state index in [-0.39, 0.29) is 39.6 Å². The molecule has 0 spiro atoms. The Bertz CT molecular complexity index is 1780. The zero-order chi connectivity index (χ0) is 26.5. The van der Waals surface area contributed by atoms with E-state index in [1.54, 1.807) is 30.3 Å². The number of imidazole rings is 1. The number of hydrogen-bond acceptors (Lipinski definition) is 7. The number of benzene rings is 1. The van der Waals surface area contributed by atoms with Gasteiger partial charge in [0.25, 0.3) is 5.91 Å². The number of nitrogens with zero attached hydrogens (tertiary/aromatic N) is 6. The molecule has 190 valence electrons. The average molecular weight is 530 g/mol. The normalized spacial score (nSPS) is 12.4. The van der Waals surface area contributed by atoms with Gasteiger partial charge >= 0.3 is 6.18 Å². The molecule has 4 heterocycles. The second-order valence-electron chi connectivity index (χ2n) is 8.03. The van der Waals surface area contributed by atoms with E-state index in [9.17, 15) is 26.4 Å². The fourth-order valence-corrected chi connectivity index (χ4v) is 4.79. The third kappa shape index (κ3) is 4.18. The number of halogens is 3. The van der Waals surface area contributed by atoms with Gasteiger partial charge in [-0.3, -0.25) is 4.79 Å². The van der Waals surface area contributed by atoms with Gasteiger partial charge in [-0.2, -0.15) is 18.3 Å². The van der Waals surface area contributed by atoms with E-state index in [4.69, 9.17) is 0 Å². The van der Waals surface area contributed by atoms with Crippen LogP contribution in [0.3, 0.4) is 0 Å². The number of sulfone groups is 1. The molecule has 5 rings (SSSR count). The van der Waals surface area contributed by atoms with Crippen molar-refractivity contribution in [2.75, 3.05) is 11.1 Å². The minimum Gasteiger partial charge on any atom is -0.321 e. The van der Waals surface area contributed by atoms with E-state index in [1.807, 2.05) is 0 Å². The number of amides is 1. The van der Waals surface area contributed by atoms with E-state index in [0.29, 0.717) is 11.9 Å². The first-order valence-corrected chi connectivity index (χ1v) is 12.5. The van der Waals surface area contributed by atoms with Gasteiger partial charge in [0.1, 0.15) is 22.6 Å². The van der Waals surface area contributed by atoms with Gasteiger partial charge in [-0.15, -0.1) is 0 Å². The van der Waals surface area contributed by atoms with Gasteiger partial charge in [-0.1, -0.05) is 25.1 Å². The van der Waals surface area contributed by atoms with Crippen LogP contribution in [0.4, 0.5) is 18.9 Å². The Morgan fingerprint density at radius 1 is 1.08 bits per heavy atom. The topological polar surface area (TPSA) is 124 Å². The molecule has 0 aliphatic heterocycles. The molecular formula is C23H18F3N7O3S. The monoisotopic (exact) mass is 529 g/mol. The lowest BCUT2D eigenvalue weighted by Gasteiger charge is -2.06. The highest BCUT2D eigenvalue weighted by molar-refractivity contribution is 7.91. The lowest BCUT2D eigenvalue weighted by Crippen LogP contribution is -2.17. The van der Waals surface area contributed by atoms with Crippen molar-refractivity contribution < 1.29 is 26.4 Å². The van der Waals surface area contributed by atoms with Crippen molar-refractivity contribution in [1.29, 1.82) is 0 Å². The Kier molecular flexibility index (Phi) is 5.70. The number of carbonyl (C=O) groups excluding carboxylic acids is 1. The molecule has 0 unspecified atom stereocenters. The van der Waals surface area contributed by atoms with Gasteiger partial charge < -0.3 is 9.88 Å². The first-order chi connectivity index (χ1) is 17.5. The Morgan fingerprint density at radius 3 is 2.49 bits per heavy atom. The van der Waals surface area contributed by atoms with Crippen LogP contribution in [0.15, 0.2) is 59.9 Å².